The van der Waals surface area contributed by atoms with Crippen LogP contribution in [-0.2, 0) is 12.1 Å². The van der Waals surface area contributed by atoms with Crippen molar-refractivity contribution in [3.8, 4) is 5.88 Å². The molecule has 0 aliphatic rings. The third-order valence-corrected chi connectivity index (χ3v) is 2.48. The van der Waals surface area contributed by atoms with E-state index in [9.17, 15) is 39.9 Å². The standard InChI is InChI=1S/C10H8F8N2O3/c1-3(2)20-6(23-7(21)22)4(5(19-20)9(13,14)15)8(11,12)10(16,17)18/h3H,1-2H3,(H,21,22). The fourth-order valence-electron chi connectivity index (χ4n) is 1.57. The van der Waals surface area contributed by atoms with Gasteiger partial charge >= 0.3 is 24.4 Å². The maximum atomic E-state index is 13.5. The van der Waals surface area contributed by atoms with Crippen molar-refractivity contribution in [3.63, 3.8) is 0 Å². The molecule has 1 aromatic heterocycles. The Balaban J connectivity index is 3.85. The SMILES string of the molecule is CC(C)n1nc(C(F)(F)F)c(C(F)(F)C(F)(F)F)c1OC(=O)O. The quantitative estimate of drug-likeness (QED) is 0.651. The summed E-state index contributed by atoms with van der Waals surface area (Å²) < 4.78 is 106. The highest BCUT2D eigenvalue weighted by molar-refractivity contribution is 5.62. The van der Waals surface area contributed by atoms with E-state index in [1.807, 2.05) is 0 Å². The average Bonchev–Trinajstić information content (AvgIpc) is 2.65. The van der Waals surface area contributed by atoms with Gasteiger partial charge in [0, 0.05) is 0 Å². The molecule has 1 N–H and O–H groups in total. The molecule has 0 atom stereocenters. The molecule has 0 radical (unpaired) electrons. The van der Waals surface area contributed by atoms with E-state index in [4.69, 9.17) is 5.11 Å². The Kier molecular flexibility index (Phi) is 4.56. The third kappa shape index (κ3) is 3.47. The summed E-state index contributed by atoms with van der Waals surface area (Å²) in [5.41, 5.74) is -5.28. The summed E-state index contributed by atoms with van der Waals surface area (Å²) >= 11 is 0. The predicted molar refractivity (Wildman–Crippen MR) is 56.2 cm³/mol. The third-order valence-electron chi connectivity index (χ3n) is 2.48. The van der Waals surface area contributed by atoms with E-state index in [1.54, 1.807) is 0 Å². The van der Waals surface area contributed by atoms with E-state index >= 15 is 0 Å². The van der Waals surface area contributed by atoms with Gasteiger partial charge in [0.2, 0.25) is 5.88 Å². The second-order valence-corrected chi connectivity index (χ2v) is 4.50. The van der Waals surface area contributed by atoms with Crippen LogP contribution in [0, 0.1) is 0 Å². The molecule has 0 saturated carbocycles. The molecular weight excluding hydrogens is 348 g/mol. The molecule has 0 unspecified atom stereocenters. The van der Waals surface area contributed by atoms with Crippen molar-refractivity contribution in [2.75, 3.05) is 0 Å². The van der Waals surface area contributed by atoms with Crippen LogP contribution >= 0.6 is 0 Å². The Morgan fingerprint density at radius 2 is 1.61 bits per heavy atom. The highest BCUT2D eigenvalue weighted by Gasteiger charge is 2.65. The molecule has 23 heavy (non-hydrogen) atoms. The molecule has 0 aliphatic heterocycles. The van der Waals surface area contributed by atoms with Crippen LogP contribution in [0.3, 0.4) is 0 Å². The van der Waals surface area contributed by atoms with Gasteiger partial charge in [0.1, 0.15) is 5.56 Å². The number of ether oxygens (including phenoxy) is 1. The fourth-order valence-corrected chi connectivity index (χ4v) is 1.57. The van der Waals surface area contributed by atoms with E-state index in [0.29, 0.717) is 0 Å². The first kappa shape index (κ1) is 19.0. The number of alkyl halides is 8. The van der Waals surface area contributed by atoms with Gasteiger partial charge in [-0.05, 0) is 13.8 Å². The first-order chi connectivity index (χ1) is 10.1. The molecule has 0 bridgehead atoms. The molecule has 1 rings (SSSR count). The number of nitrogens with zero attached hydrogens (tertiary/aromatic N) is 2. The van der Waals surface area contributed by atoms with Crippen molar-refractivity contribution in [1.29, 1.82) is 0 Å². The molecule has 0 saturated heterocycles. The van der Waals surface area contributed by atoms with E-state index in [0.717, 1.165) is 13.8 Å². The van der Waals surface area contributed by atoms with Crippen LogP contribution in [0.25, 0.3) is 0 Å². The number of carboxylic acid groups (broad SMARTS) is 1. The number of carbonyl (C=O) groups is 1. The van der Waals surface area contributed by atoms with Crippen LogP contribution in [0.4, 0.5) is 39.9 Å². The summed E-state index contributed by atoms with van der Waals surface area (Å²) in [7, 11) is 0. The summed E-state index contributed by atoms with van der Waals surface area (Å²) in [6.07, 6.45) is -14.5. The van der Waals surface area contributed by atoms with Crippen molar-refractivity contribution in [1.82, 2.24) is 9.78 Å². The zero-order valence-electron chi connectivity index (χ0n) is 11.3. The summed E-state index contributed by atoms with van der Waals surface area (Å²) in [6.45, 7) is 2.16. The first-order valence-electron chi connectivity index (χ1n) is 5.66. The van der Waals surface area contributed by atoms with E-state index < -0.39 is 47.6 Å². The zero-order valence-corrected chi connectivity index (χ0v) is 11.3. The van der Waals surface area contributed by atoms with E-state index in [1.165, 1.54) is 0 Å². The maximum absolute atomic E-state index is 13.5. The molecule has 13 heteroatoms. The molecule has 0 amide bonds. The second-order valence-electron chi connectivity index (χ2n) is 4.50. The van der Waals surface area contributed by atoms with Gasteiger partial charge in [-0.25, -0.2) is 9.48 Å². The second kappa shape index (κ2) is 5.53. The zero-order chi connectivity index (χ0) is 18.4. The van der Waals surface area contributed by atoms with Gasteiger partial charge < -0.3 is 9.84 Å². The summed E-state index contributed by atoms with van der Waals surface area (Å²) in [5, 5.41) is 11.0. The van der Waals surface area contributed by atoms with Gasteiger partial charge in [-0.2, -0.15) is 40.2 Å². The van der Waals surface area contributed by atoms with Crippen molar-refractivity contribution in [2.45, 2.75) is 38.2 Å². The summed E-state index contributed by atoms with van der Waals surface area (Å²) in [6, 6.07) is -1.19. The van der Waals surface area contributed by atoms with Crippen LogP contribution in [0.15, 0.2) is 0 Å². The lowest BCUT2D eigenvalue weighted by Gasteiger charge is -2.21. The van der Waals surface area contributed by atoms with Gasteiger partial charge in [-0.1, -0.05) is 0 Å². The van der Waals surface area contributed by atoms with Gasteiger partial charge in [0.15, 0.2) is 5.69 Å². The smallest absolute Gasteiger partial charge is 0.449 e. The van der Waals surface area contributed by atoms with E-state index in [2.05, 4.69) is 9.84 Å². The lowest BCUT2D eigenvalue weighted by atomic mass is 10.1. The molecule has 0 aromatic carbocycles. The summed E-state index contributed by atoms with van der Waals surface area (Å²) in [5.74, 6) is -7.88. The number of halogens is 8. The maximum Gasteiger partial charge on any atom is 0.512 e. The highest BCUT2D eigenvalue weighted by Crippen LogP contribution is 2.51. The van der Waals surface area contributed by atoms with E-state index in [-0.39, 0.29) is 4.68 Å². The normalized spacial score (nSPS) is 13.5. The fraction of sp³-hybridized carbons (Fsp3) is 0.600. The highest BCUT2D eigenvalue weighted by atomic mass is 19.4. The molecule has 0 aliphatic carbocycles. The first-order valence-corrected chi connectivity index (χ1v) is 5.66. The van der Waals surface area contributed by atoms with Gasteiger partial charge in [-0.3, -0.25) is 0 Å². The molecule has 0 fully saturated rings. The molecular formula is C10H8F8N2O3. The average molecular weight is 356 g/mol. The topological polar surface area (TPSA) is 64.4 Å². The molecule has 0 spiro atoms. The van der Waals surface area contributed by atoms with Crippen LogP contribution in [0.2, 0.25) is 0 Å². The Morgan fingerprint density at radius 3 is 1.91 bits per heavy atom. The largest absolute Gasteiger partial charge is 0.512 e. The van der Waals surface area contributed by atoms with Crippen LogP contribution < -0.4 is 4.74 Å². The van der Waals surface area contributed by atoms with Crippen molar-refractivity contribution >= 4 is 6.16 Å². The Bertz CT molecular complexity index is 602. The predicted octanol–water partition coefficient (Wildman–Crippen LogP) is 4.19. The number of rotatable bonds is 3. The Labute approximate surface area is 122 Å². The lowest BCUT2D eigenvalue weighted by molar-refractivity contribution is -0.291. The summed E-state index contributed by atoms with van der Waals surface area (Å²) in [4.78, 5) is 10.5. The Morgan fingerprint density at radius 1 is 1.13 bits per heavy atom. The van der Waals surface area contributed by atoms with Crippen molar-refractivity contribution in [2.24, 2.45) is 0 Å². The van der Waals surface area contributed by atoms with Gasteiger partial charge in [-0.15, -0.1) is 0 Å². The van der Waals surface area contributed by atoms with Crippen LogP contribution in [-0.4, -0.2) is 27.2 Å². The molecule has 5 nitrogen and oxygen atoms in total. The van der Waals surface area contributed by atoms with Gasteiger partial charge in [0.25, 0.3) is 0 Å². The van der Waals surface area contributed by atoms with Crippen molar-refractivity contribution < 1.29 is 49.8 Å². The monoisotopic (exact) mass is 356 g/mol. The Hall–Kier alpha value is -2.08. The van der Waals surface area contributed by atoms with Crippen LogP contribution in [0.1, 0.15) is 31.1 Å². The molecule has 132 valence electrons. The minimum Gasteiger partial charge on any atom is -0.449 e. The minimum absolute atomic E-state index is 0.00801. The van der Waals surface area contributed by atoms with Crippen LogP contribution in [0.5, 0.6) is 5.88 Å². The minimum atomic E-state index is -6.42. The number of hydrogen-bond donors (Lipinski definition) is 1. The lowest BCUT2D eigenvalue weighted by Crippen LogP contribution is -2.36. The molecule has 1 aromatic rings. The van der Waals surface area contributed by atoms with Gasteiger partial charge in [0.05, 0.1) is 6.04 Å². The van der Waals surface area contributed by atoms with Crippen molar-refractivity contribution in [3.05, 3.63) is 11.3 Å². The molecule has 1 heterocycles. The number of hydrogen-bond acceptors (Lipinski definition) is 3. The number of aromatic nitrogens is 2.